The van der Waals surface area contributed by atoms with Gasteiger partial charge in [0, 0.05) is 11.8 Å². The third-order valence-electron chi connectivity index (χ3n) is 4.37. The SMILES string of the molecule is CC[C@@H](C)[C@H](NC(=O)Cn1cc(-c2ccc(OC)cc2)ncc1=O)C(=O)O. The van der Waals surface area contributed by atoms with Gasteiger partial charge in [-0.25, -0.2) is 9.78 Å². The molecule has 1 heterocycles. The molecule has 0 aliphatic rings. The zero-order valence-corrected chi connectivity index (χ0v) is 15.5. The Morgan fingerprint density at radius 2 is 1.96 bits per heavy atom. The van der Waals surface area contributed by atoms with Gasteiger partial charge in [-0.3, -0.25) is 9.59 Å². The second kappa shape index (κ2) is 8.98. The predicted octanol–water partition coefficient (Wildman–Crippen LogP) is 1.53. The molecular formula is C19H23N3O5. The van der Waals surface area contributed by atoms with Crippen LogP contribution in [-0.4, -0.2) is 39.7 Å². The summed E-state index contributed by atoms with van der Waals surface area (Å²) in [6.07, 6.45) is 3.22. The van der Waals surface area contributed by atoms with Crippen LogP contribution in [0.4, 0.5) is 0 Å². The highest BCUT2D eigenvalue weighted by atomic mass is 16.5. The maximum atomic E-state index is 12.3. The summed E-state index contributed by atoms with van der Waals surface area (Å²) >= 11 is 0. The van der Waals surface area contributed by atoms with Crippen molar-refractivity contribution < 1.29 is 19.4 Å². The number of hydrogen-bond donors (Lipinski definition) is 2. The molecule has 1 amide bonds. The van der Waals surface area contributed by atoms with E-state index < -0.39 is 23.5 Å². The van der Waals surface area contributed by atoms with E-state index in [-0.39, 0.29) is 12.5 Å². The maximum absolute atomic E-state index is 12.3. The Kier molecular flexibility index (Phi) is 6.70. The third-order valence-corrected chi connectivity index (χ3v) is 4.37. The molecule has 1 aromatic carbocycles. The van der Waals surface area contributed by atoms with Gasteiger partial charge in [0.15, 0.2) is 0 Å². The van der Waals surface area contributed by atoms with Crippen LogP contribution >= 0.6 is 0 Å². The molecule has 144 valence electrons. The second-order valence-corrected chi connectivity index (χ2v) is 6.24. The Labute approximate surface area is 156 Å². The zero-order chi connectivity index (χ0) is 20.0. The van der Waals surface area contributed by atoms with Gasteiger partial charge < -0.3 is 19.7 Å². The smallest absolute Gasteiger partial charge is 0.326 e. The molecule has 2 atom stereocenters. The monoisotopic (exact) mass is 373 g/mol. The predicted molar refractivity (Wildman–Crippen MR) is 99.5 cm³/mol. The van der Waals surface area contributed by atoms with E-state index in [1.807, 2.05) is 6.92 Å². The lowest BCUT2D eigenvalue weighted by Crippen LogP contribution is -2.46. The Morgan fingerprint density at radius 3 is 2.52 bits per heavy atom. The Balaban J connectivity index is 2.19. The molecule has 0 fully saturated rings. The van der Waals surface area contributed by atoms with Crippen molar-refractivity contribution >= 4 is 11.9 Å². The number of aromatic nitrogens is 2. The van der Waals surface area contributed by atoms with E-state index in [4.69, 9.17) is 4.74 Å². The number of carbonyl (C=O) groups is 2. The van der Waals surface area contributed by atoms with Crippen LogP contribution < -0.4 is 15.6 Å². The molecule has 8 nitrogen and oxygen atoms in total. The van der Waals surface area contributed by atoms with Gasteiger partial charge in [-0.05, 0) is 30.2 Å². The maximum Gasteiger partial charge on any atom is 0.326 e. The van der Waals surface area contributed by atoms with Crippen LogP contribution in [0.3, 0.4) is 0 Å². The molecule has 0 aliphatic heterocycles. The summed E-state index contributed by atoms with van der Waals surface area (Å²) in [6.45, 7) is 3.31. The molecule has 0 unspecified atom stereocenters. The Morgan fingerprint density at radius 1 is 1.30 bits per heavy atom. The van der Waals surface area contributed by atoms with Crippen molar-refractivity contribution in [1.82, 2.24) is 14.9 Å². The molecule has 2 rings (SSSR count). The fourth-order valence-corrected chi connectivity index (χ4v) is 2.53. The van der Waals surface area contributed by atoms with E-state index in [9.17, 15) is 19.5 Å². The lowest BCUT2D eigenvalue weighted by Gasteiger charge is -2.20. The highest BCUT2D eigenvalue weighted by Gasteiger charge is 2.25. The number of benzene rings is 1. The molecule has 0 spiro atoms. The first-order chi connectivity index (χ1) is 12.8. The first-order valence-corrected chi connectivity index (χ1v) is 8.58. The number of hydrogen-bond acceptors (Lipinski definition) is 5. The van der Waals surface area contributed by atoms with E-state index in [1.165, 1.54) is 10.8 Å². The van der Waals surface area contributed by atoms with Gasteiger partial charge in [0.2, 0.25) is 5.91 Å². The van der Waals surface area contributed by atoms with Gasteiger partial charge in [-0.15, -0.1) is 0 Å². The largest absolute Gasteiger partial charge is 0.497 e. The minimum absolute atomic E-state index is 0.226. The number of aliphatic carboxylic acids is 1. The number of ether oxygens (including phenoxy) is 1. The average molecular weight is 373 g/mol. The van der Waals surface area contributed by atoms with Crippen LogP contribution in [0, 0.1) is 5.92 Å². The van der Waals surface area contributed by atoms with E-state index in [0.717, 1.165) is 11.8 Å². The van der Waals surface area contributed by atoms with Crippen molar-refractivity contribution in [1.29, 1.82) is 0 Å². The van der Waals surface area contributed by atoms with Crippen molar-refractivity contribution in [3.8, 4) is 17.0 Å². The third kappa shape index (κ3) is 5.16. The summed E-state index contributed by atoms with van der Waals surface area (Å²) in [5.41, 5.74) is 0.826. The van der Waals surface area contributed by atoms with Crippen molar-refractivity contribution in [2.45, 2.75) is 32.9 Å². The second-order valence-electron chi connectivity index (χ2n) is 6.24. The molecule has 1 aromatic heterocycles. The summed E-state index contributed by atoms with van der Waals surface area (Å²) in [5, 5.41) is 11.8. The topological polar surface area (TPSA) is 111 Å². The van der Waals surface area contributed by atoms with Gasteiger partial charge in [-0.2, -0.15) is 0 Å². The molecule has 2 aromatic rings. The summed E-state index contributed by atoms with van der Waals surface area (Å²) in [5.74, 6) is -1.18. The van der Waals surface area contributed by atoms with Crippen LogP contribution in [0.1, 0.15) is 20.3 Å². The quantitative estimate of drug-likeness (QED) is 0.726. The highest BCUT2D eigenvalue weighted by Crippen LogP contribution is 2.19. The van der Waals surface area contributed by atoms with Gasteiger partial charge in [0.25, 0.3) is 5.56 Å². The lowest BCUT2D eigenvalue weighted by atomic mass is 9.99. The van der Waals surface area contributed by atoms with Crippen LogP contribution in [0.25, 0.3) is 11.3 Å². The lowest BCUT2D eigenvalue weighted by molar-refractivity contribution is -0.143. The number of nitrogens with one attached hydrogen (secondary N) is 1. The van der Waals surface area contributed by atoms with E-state index in [2.05, 4.69) is 10.3 Å². The van der Waals surface area contributed by atoms with Gasteiger partial charge in [-0.1, -0.05) is 20.3 Å². The molecule has 0 bridgehead atoms. The summed E-state index contributed by atoms with van der Waals surface area (Å²) in [6, 6.07) is 6.12. The van der Waals surface area contributed by atoms with Gasteiger partial charge in [0.05, 0.1) is 19.0 Å². The molecule has 27 heavy (non-hydrogen) atoms. The molecular weight excluding hydrogens is 350 g/mol. The fraction of sp³-hybridized carbons (Fsp3) is 0.368. The standard InChI is InChI=1S/C19H23N3O5/c1-4-12(2)18(19(25)26)21-16(23)11-22-10-15(20-9-17(22)24)13-5-7-14(27-3)8-6-13/h5-10,12,18H,4,11H2,1-3H3,(H,21,23)(H,25,26)/t12-,18+/m1/s1. The Hall–Kier alpha value is -3.16. The molecule has 0 aliphatic carbocycles. The van der Waals surface area contributed by atoms with Crippen molar-refractivity contribution in [3.63, 3.8) is 0 Å². The van der Waals surface area contributed by atoms with E-state index in [0.29, 0.717) is 17.9 Å². The first kappa shape index (κ1) is 20.2. The molecule has 0 radical (unpaired) electrons. The van der Waals surface area contributed by atoms with Crippen molar-refractivity contribution in [3.05, 3.63) is 47.0 Å². The fourth-order valence-electron chi connectivity index (χ4n) is 2.53. The molecule has 8 heteroatoms. The van der Waals surface area contributed by atoms with Crippen LogP contribution in [0.5, 0.6) is 5.75 Å². The number of nitrogens with zero attached hydrogens (tertiary/aromatic N) is 2. The van der Waals surface area contributed by atoms with Crippen molar-refractivity contribution in [2.24, 2.45) is 5.92 Å². The molecule has 2 N–H and O–H groups in total. The summed E-state index contributed by atoms with van der Waals surface area (Å²) < 4.78 is 6.31. The minimum Gasteiger partial charge on any atom is -0.497 e. The number of carboxylic acids is 1. The number of rotatable bonds is 8. The zero-order valence-electron chi connectivity index (χ0n) is 15.5. The molecule has 0 saturated heterocycles. The normalized spacial score (nSPS) is 12.9. The van der Waals surface area contributed by atoms with Crippen LogP contribution in [0.2, 0.25) is 0 Å². The van der Waals surface area contributed by atoms with Crippen LogP contribution in [0.15, 0.2) is 41.5 Å². The van der Waals surface area contributed by atoms with E-state index in [1.54, 1.807) is 38.3 Å². The van der Waals surface area contributed by atoms with Crippen LogP contribution in [-0.2, 0) is 16.1 Å². The number of methoxy groups -OCH3 is 1. The number of amides is 1. The summed E-state index contributed by atoms with van der Waals surface area (Å²) in [7, 11) is 1.57. The minimum atomic E-state index is -1.10. The average Bonchev–Trinajstić information content (AvgIpc) is 2.67. The highest BCUT2D eigenvalue weighted by molar-refractivity contribution is 5.83. The van der Waals surface area contributed by atoms with Crippen molar-refractivity contribution in [2.75, 3.05) is 7.11 Å². The summed E-state index contributed by atoms with van der Waals surface area (Å²) in [4.78, 5) is 39.7. The molecule has 0 saturated carbocycles. The first-order valence-electron chi connectivity index (χ1n) is 8.58. The number of carboxylic acid groups (broad SMARTS) is 1. The number of carbonyl (C=O) groups excluding carboxylic acids is 1. The van der Waals surface area contributed by atoms with Gasteiger partial charge >= 0.3 is 5.97 Å². The van der Waals surface area contributed by atoms with Gasteiger partial charge in [0.1, 0.15) is 18.3 Å². The Bertz CT molecular complexity index is 860. The van der Waals surface area contributed by atoms with E-state index >= 15 is 0 Å².